The second kappa shape index (κ2) is 8.01. The fraction of sp³-hybridized carbons (Fsp3) is 0.364. The van der Waals surface area contributed by atoms with Gasteiger partial charge in [0.25, 0.3) is 5.56 Å². The summed E-state index contributed by atoms with van der Waals surface area (Å²) in [5, 5.41) is 0. The van der Waals surface area contributed by atoms with Crippen molar-refractivity contribution < 1.29 is 4.39 Å². The predicted molar refractivity (Wildman–Crippen MR) is 104 cm³/mol. The first-order valence-electron chi connectivity index (χ1n) is 9.65. The van der Waals surface area contributed by atoms with Gasteiger partial charge in [-0.25, -0.2) is 9.37 Å². The average Bonchev–Trinajstić information content (AvgIpc) is 2.70. The Morgan fingerprint density at radius 3 is 2.59 bits per heavy atom. The third kappa shape index (κ3) is 4.25. The van der Waals surface area contributed by atoms with Crippen LogP contribution in [0.15, 0.2) is 59.5 Å². The molecule has 1 aliphatic rings. The minimum atomic E-state index is -0.216. The van der Waals surface area contributed by atoms with Crippen molar-refractivity contribution in [3.8, 4) is 0 Å². The molecule has 0 bridgehead atoms. The van der Waals surface area contributed by atoms with E-state index in [9.17, 15) is 9.18 Å². The van der Waals surface area contributed by atoms with Crippen LogP contribution in [0.4, 0.5) is 4.39 Å². The Bertz CT molecular complexity index is 961. The summed E-state index contributed by atoms with van der Waals surface area (Å²) < 4.78 is 14.8. The number of pyridine rings is 1. The van der Waals surface area contributed by atoms with Gasteiger partial charge >= 0.3 is 0 Å². The van der Waals surface area contributed by atoms with Crippen molar-refractivity contribution in [1.82, 2.24) is 14.3 Å². The fourth-order valence-corrected chi connectivity index (χ4v) is 3.98. The number of nitrogens with zero attached hydrogens (tertiary/aromatic N) is 3. The SMILES string of the molecule is O=c1cc(CN(Cc2ccc(F)cc2)C2CCCCC2)nc2ccccn12. The second-order valence-corrected chi connectivity index (χ2v) is 7.34. The number of benzene rings is 1. The van der Waals surface area contributed by atoms with Crippen molar-refractivity contribution in [2.45, 2.75) is 51.2 Å². The number of aromatic nitrogens is 2. The van der Waals surface area contributed by atoms with E-state index in [-0.39, 0.29) is 11.4 Å². The van der Waals surface area contributed by atoms with Crippen LogP contribution in [0.25, 0.3) is 5.65 Å². The lowest BCUT2D eigenvalue weighted by Crippen LogP contribution is -2.36. The summed E-state index contributed by atoms with van der Waals surface area (Å²) in [7, 11) is 0. The van der Waals surface area contributed by atoms with Crippen LogP contribution < -0.4 is 5.56 Å². The van der Waals surface area contributed by atoms with Crippen LogP contribution >= 0.6 is 0 Å². The maximum atomic E-state index is 13.3. The summed E-state index contributed by atoms with van der Waals surface area (Å²) in [5.74, 6) is -0.216. The number of hydrogen-bond acceptors (Lipinski definition) is 3. The highest BCUT2D eigenvalue weighted by atomic mass is 19.1. The Morgan fingerprint density at radius 2 is 1.81 bits per heavy atom. The highest BCUT2D eigenvalue weighted by Gasteiger charge is 2.22. The molecule has 0 unspecified atom stereocenters. The molecule has 0 atom stereocenters. The number of fused-ring (bicyclic) bond motifs is 1. The van der Waals surface area contributed by atoms with Crippen molar-refractivity contribution in [1.29, 1.82) is 0 Å². The Morgan fingerprint density at radius 1 is 1.04 bits per heavy atom. The normalized spacial score (nSPS) is 15.5. The van der Waals surface area contributed by atoms with Crippen LogP contribution in [0.3, 0.4) is 0 Å². The first-order valence-corrected chi connectivity index (χ1v) is 9.65. The molecule has 4 nitrogen and oxygen atoms in total. The van der Waals surface area contributed by atoms with E-state index in [4.69, 9.17) is 0 Å². The highest BCUT2D eigenvalue weighted by Crippen LogP contribution is 2.25. The molecule has 3 aromatic rings. The number of halogens is 1. The van der Waals surface area contributed by atoms with E-state index >= 15 is 0 Å². The molecule has 5 heteroatoms. The largest absolute Gasteiger partial charge is 0.290 e. The van der Waals surface area contributed by atoms with Crippen molar-refractivity contribution >= 4 is 5.65 Å². The van der Waals surface area contributed by atoms with Gasteiger partial charge in [0.15, 0.2) is 0 Å². The zero-order chi connectivity index (χ0) is 18.6. The Labute approximate surface area is 158 Å². The summed E-state index contributed by atoms with van der Waals surface area (Å²) in [6, 6.07) is 14.4. The van der Waals surface area contributed by atoms with Gasteiger partial charge in [-0.05, 0) is 42.7 Å². The van der Waals surface area contributed by atoms with Gasteiger partial charge in [0, 0.05) is 31.4 Å². The van der Waals surface area contributed by atoms with Gasteiger partial charge in [0.05, 0.1) is 5.69 Å². The van der Waals surface area contributed by atoms with E-state index < -0.39 is 0 Å². The van der Waals surface area contributed by atoms with E-state index in [2.05, 4.69) is 9.88 Å². The summed E-state index contributed by atoms with van der Waals surface area (Å²) in [6.45, 7) is 1.36. The summed E-state index contributed by atoms with van der Waals surface area (Å²) >= 11 is 0. The predicted octanol–water partition coefficient (Wildman–Crippen LogP) is 4.17. The number of hydrogen-bond donors (Lipinski definition) is 0. The average molecular weight is 365 g/mol. The first-order chi connectivity index (χ1) is 13.2. The van der Waals surface area contributed by atoms with Gasteiger partial charge in [-0.2, -0.15) is 0 Å². The molecule has 0 spiro atoms. The minimum Gasteiger partial charge on any atom is -0.290 e. The molecule has 1 fully saturated rings. The van der Waals surface area contributed by atoms with E-state index in [1.165, 1.54) is 31.4 Å². The second-order valence-electron chi connectivity index (χ2n) is 7.34. The number of rotatable bonds is 5. The Hall–Kier alpha value is -2.53. The van der Waals surface area contributed by atoms with Crippen molar-refractivity contribution in [2.24, 2.45) is 0 Å². The quantitative estimate of drug-likeness (QED) is 0.681. The van der Waals surface area contributed by atoms with Crippen molar-refractivity contribution in [3.05, 3.63) is 82.2 Å². The molecule has 1 aromatic carbocycles. The zero-order valence-corrected chi connectivity index (χ0v) is 15.4. The Balaban J connectivity index is 1.61. The zero-order valence-electron chi connectivity index (χ0n) is 15.4. The monoisotopic (exact) mass is 365 g/mol. The summed E-state index contributed by atoms with van der Waals surface area (Å²) in [4.78, 5) is 19.5. The molecular weight excluding hydrogens is 341 g/mol. The molecule has 0 saturated heterocycles. The molecule has 140 valence electrons. The molecule has 0 amide bonds. The van der Waals surface area contributed by atoms with Gasteiger partial charge in [-0.3, -0.25) is 14.1 Å². The van der Waals surface area contributed by atoms with Crippen LogP contribution in [0, 0.1) is 5.82 Å². The van der Waals surface area contributed by atoms with Crippen molar-refractivity contribution in [2.75, 3.05) is 0 Å². The van der Waals surface area contributed by atoms with Gasteiger partial charge in [0.2, 0.25) is 0 Å². The molecular formula is C22H24FN3O. The maximum Gasteiger partial charge on any atom is 0.258 e. The third-order valence-electron chi connectivity index (χ3n) is 5.38. The van der Waals surface area contributed by atoms with Gasteiger partial charge in [0.1, 0.15) is 11.5 Å². The van der Waals surface area contributed by atoms with Crippen LogP contribution in [0.5, 0.6) is 0 Å². The van der Waals surface area contributed by atoms with E-state index in [1.54, 1.807) is 16.7 Å². The molecule has 1 aliphatic carbocycles. The van der Waals surface area contributed by atoms with Crippen LogP contribution in [-0.2, 0) is 13.1 Å². The Kier molecular flexibility index (Phi) is 5.30. The molecule has 4 rings (SSSR count). The van der Waals surface area contributed by atoms with E-state index in [0.717, 1.165) is 30.6 Å². The standard InChI is InChI=1S/C22H24FN3O/c23-18-11-9-17(10-12-18)15-25(20-6-2-1-3-7-20)16-19-14-22(27)26-13-5-4-8-21(26)24-19/h4-5,8-14,20H,1-3,6-7,15-16H2. The summed E-state index contributed by atoms with van der Waals surface area (Å²) in [5.41, 5.74) is 2.49. The highest BCUT2D eigenvalue weighted by molar-refractivity contribution is 5.38. The molecule has 2 aromatic heterocycles. The van der Waals surface area contributed by atoms with Gasteiger partial charge < -0.3 is 0 Å². The lowest BCUT2D eigenvalue weighted by Gasteiger charge is -2.34. The first kappa shape index (κ1) is 17.9. The van der Waals surface area contributed by atoms with Crippen LogP contribution in [0.2, 0.25) is 0 Å². The lowest BCUT2D eigenvalue weighted by molar-refractivity contribution is 0.138. The molecule has 0 aliphatic heterocycles. The molecule has 2 heterocycles. The third-order valence-corrected chi connectivity index (χ3v) is 5.38. The molecule has 1 saturated carbocycles. The minimum absolute atomic E-state index is 0.0547. The fourth-order valence-electron chi connectivity index (χ4n) is 3.98. The van der Waals surface area contributed by atoms with Crippen molar-refractivity contribution in [3.63, 3.8) is 0 Å². The van der Waals surface area contributed by atoms with Gasteiger partial charge in [-0.1, -0.05) is 37.5 Å². The van der Waals surface area contributed by atoms with Crippen LogP contribution in [-0.4, -0.2) is 20.3 Å². The molecule has 27 heavy (non-hydrogen) atoms. The van der Waals surface area contributed by atoms with Gasteiger partial charge in [-0.15, -0.1) is 0 Å². The molecule has 0 radical (unpaired) electrons. The van der Waals surface area contributed by atoms with E-state index in [1.807, 2.05) is 30.3 Å². The van der Waals surface area contributed by atoms with E-state index in [0.29, 0.717) is 18.2 Å². The molecule has 0 N–H and O–H groups in total. The maximum absolute atomic E-state index is 13.3. The topological polar surface area (TPSA) is 37.6 Å². The van der Waals surface area contributed by atoms with Crippen LogP contribution in [0.1, 0.15) is 43.4 Å². The summed E-state index contributed by atoms with van der Waals surface area (Å²) in [6.07, 6.45) is 7.82. The smallest absolute Gasteiger partial charge is 0.258 e. The lowest BCUT2D eigenvalue weighted by atomic mass is 9.93.